The van der Waals surface area contributed by atoms with Crippen molar-refractivity contribution in [2.75, 3.05) is 11.9 Å². The van der Waals surface area contributed by atoms with Crippen LogP contribution in [0.5, 0.6) is 0 Å². The Bertz CT molecular complexity index is 1720. The van der Waals surface area contributed by atoms with Crippen LogP contribution in [-0.2, 0) is 4.79 Å². The van der Waals surface area contributed by atoms with Crippen molar-refractivity contribution >= 4 is 28.3 Å². The van der Waals surface area contributed by atoms with E-state index in [0.717, 1.165) is 34.5 Å². The molecule has 6 rings (SSSR count). The molecule has 2 aromatic carbocycles. The molecule has 1 fully saturated rings. The third-order valence-corrected chi connectivity index (χ3v) is 8.22. The number of nitrogens with one attached hydrogen (secondary N) is 1. The molecule has 4 aromatic rings. The highest BCUT2D eigenvalue weighted by Crippen LogP contribution is 2.40. The number of anilines is 1. The minimum atomic E-state index is -1.34. The van der Waals surface area contributed by atoms with E-state index in [4.69, 9.17) is 9.51 Å². The molecule has 0 bridgehead atoms. The second-order valence-electron chi connectivity index (χ2n) is 10.8. The number of hydrogen-bond donors (Lipinski definition) is 1. The Hall–Kier alpha value is -4.18. The van der Waals surface area contributed by atoms with Gasteiger partial charge in [0.25, 0.3) is 0 Å². The second-order valence-corrected chi connectivity index (χ2v) is 10.8. The van der Waals surface area contributed by atoms with Crippen molar-refractivity contribution in [3.05, 3.63) is 83.5 Å². The van der Waals surface area contributed by atoms with Crippen molar-refractivity contribution in [2.24, 2.45) is 0 Å². The minimum absolute atomic E-state index is 0.221. The quantitative estimate of drug-likeness (QED) is 0.298. The molecule has 2 aliphatic rings. The molecular formula is C31H30F3N5O2. The van der Waals surface area contributed by atoms with E-state index in [0.29, 0.717) is 35.6 Å². The Morgan fingerprint density at radius 3 is 2.61 bits per heavy atom. The zero-order valence-electron chi connectivity index (χ0n) is 23.2. The molecule has 1 aliphatic heterocycles. The van der Waals surface area contributed by atoms with Crippen LogP contribution in [-0.4, -0.2) is 39.4 Å². The third kappa shape index (κ3) is 4.46. The molecule has 1 amide bonds. The lowest BCUT2D eigenvalue weighted by Crippen LogP contribution is -2.47. The minimum Gasteiger partial charge on any atom is -0.361 e. The summed E-state index contributed by atoms with van der Waals surface area (Å²) in [7, 11) is 1.71. The van der Waals surface area contributed by atoms with Gasteiger partial charge in [-0.2, -0.15) is 0 Å². The van der Waals surface area contributed by atoms with Crippen LogP contribution in [0.3, 0.4) is 0 Å². The largest absolute Gasteiger partial charge is 0.361 e. The van der Waals surface area contributed by atoms with Gasteiger partial charge in [-0.25, -0.2) is 18.2 Å². The molecule has 2 unspecified atom stereocenters. The van der Waals surface area contributed by atoms with E-state index >= 15 is 4.39 Å². The summed E-state index contributed by atoms with van der Waals surface area (Å²) in [5, 5.41) is 7.09. The van der Waals surface area contributed by atoms with Gasteiger partial charge >= 0.3 is 0 Å². The van der Waals surface area contributed by atoms with Gasteiger partial charge in [0.2, 0.25) is 5.91 Å². The van der Waals surface area contributed by atoms with Gasteiger partial charge < -0.3 is 14.7 Å². The number of benzene rings is 2. The number of amides is 1. The van der Waals surface area contributed by atoms with E-state index in [2.05, 4.69) is 10.5 Å². The number of likely N-dealkylation sites (N-methyl/N-ethyl adjacent to an activating group) is 1. The standard InChI is InChI=1S/C31H30F3N5O2/c1-17-29(18(2)41-37-17)19-8-11-25-24(14-19)36-30(39(25)21-12-13-31(3,35-4)27(34)16-21)26-6-5-7-28(40)38(26)20-9-10-22(32)23(33)15-20/h8-16,26-27,35H,5-7H2,1-4H3/t26-,27?,31?/m0/s1. The highest BCUT2D eigenvalue weighted by atomic mass is 19.2. The summed E-state index contributed by atoms with van der Waals surface area (Å²) in [5.41, 5.74) is 3.75. The number of aromatic nitrogens is 3. The number of hydrogen-bond acceptors (Lipinski definition) is 5. The number of piperidine rings is 1. The number of allylic oxidation sites excluding steroid dienone is 2. The molecule has 10 heteroatoms. The highest BCUT2D eigenvalue weighted by Gasteiger charge is 2.37. The maximum atomic E-state index is 15.5. The number of nitrogens with zero attached hydrogens (tertiary/aromatic N) is 4. The lowest BCUT2D eigenvalue weighted by Gasteiger charge is -2.36. The van der Waals surface area contributed by atoms with Crippen LogP contribution < -0.4 is 10.2 Å². The number of imidazole rings is 1. The molecule has 0 spiro atoms. The fourth-order valence-corrected chi connectivity index (χ4v) is 5.82. The van der Waals surface area contributed by atoms with Gasteiger partial charge in [0, 0.05) is 29.4 Å². The smallest absolute Gasteiger partial charge is 0.227 e. The summed E-state index contributed by atoms with van der Waals surface area (Å²) in [5.74, 6) is -1.07. The highest BCUT2D eigenvalue weighted by molar-refractivity contribution is 5.95. The van der Waals surface area contributed by atoms with Crippen molar-refractivity contribution in [1.29, 1.82) is 0 Å². The van der Waals surface area contributed by atoms with Gasteiger partial charge in [-0.3, -0.25) is 9.36 Å². The van der Waals surface area contributed by atoms with Crippen LogP contribution >= 0.6 is 0 Å². The molecule has 7 nitrogen and oxygen atoms in total. The molecule has 2 aromatic heterocycles. The Morgan fingerprint density at radius 2 is 1.93 bits per heavy atom. The van der Waals surface area contributed by atoms with Gasteiger partial charge in [-0.1, -0.05) is 17.3 Å². The predicted octanol–water partition coefficient (Wildman–Crippen LogP) is 6.57. The molecular weight excluding hydrogens is 531 g/mol. The fourth-order valence-electron chi connectivity index (χ4n) is 5.82. The van der Waals surface area contributed by atoms with E-state index in [1.54, 1.807) is 20.0 Å². The number of aryl methyl sites for hydroxylation is 2. The predicted molar refractivity (Wildman–Crippen MR) is 151 cm³/mol. The lowest BCUT2D eigenvalue weighted by atomic mass is 9.90. The summed E-state index contributed by atoms with van der Waals surface area (Å²) >= 11 is 0. The van der Waals surface area contributed by atoms with E-state index in [1.165, 1.54) is 17.0 Å². The van der Waals surface area contributed by atoms with Crippen molar-refractivity contribution in [3.63, 3.8) is 0 Å². The van der Waals surface area contributed by atoms with Gasteiger partial charge in [-0.15, -0.1) is 0 Å². The number of carbonyl (C=O) groups excluding carboxylic acids is 1. The van der Waals surface area contributed by atoms with Crippen LogP contribution in [0.1, 0.15) is 49.5 Å². The normalized spacial score (nSPS) is 23.0. The molecule has 1 N–H and O–H groups in total. The van der Waals surface area contributed by atoms with Gasteiger partial charge in [-0.05, 0) is 82.6 Å². The molecule has 41 heavy (non-hydrogen) atoms. The average Bonchev–Trinajstić information content (AvgIpc) is 3.50. The first-order valence-corrected chi connectivity index (χ1v) is 13.6. The number of halogens is 3. The Morgan fingerprint density at radius 1 is 1.12 bits per heavy atom. The summed E-state index contributed by atoms with van der Waals surface area (Å²) in [6.45, 7) is 5.48. The molecule has 3 atom stereocenters. The number of rotatable bonds is 5. The summed E-state index contributed by atoms with van der Waals surface area (Å²) in [4.78, 5) is 19.8. The Kier molecular flexibility index (Phi) is 6.60. The van der Waals surface area contributed by atoms with Crippen LogP contribution in [0.4, 0.5) is 18.9 Å². The van der Waals surface area contributed by atoms with E-state index in [-0.39, 0.29) is 18.0 Å². The Labute approximate surface area is 235 Å². The first kappa shape index (κ1) is 27.0. The molecule has 0 radical (unpaired) electrons. The maximum Gasteiger partial charge on any atom is 0.227 e. The lowest BCUT2D eigenvalue weighted by molar-refractivity contribution is -0.120. The topological polar surface area (TPSA) is 76.2 Å². The average molecular weight is 562 g/mol. The maximum absolute atomic E-state index is 15.5. The van der Waals surface area contributed by atoms with E-state index < -0.39 is 29.4 Å². The number of alkyl halides is 1. The summed E-state index contributed by atoms with van der Waals surface area (Å²) < 4.78 is 50.8. The van der Waals surface area contributed by atoms with Crippen molar-refractivity contribution in [2.45, 2.75) is 57.8 Å². The third-order valence-electron chi connectivity index (χ3n) is 8.22. The zero-order valence-corrected chi connectivity index (χ0v) is 23.2. The van der Waals surface area contributed by atoms with E-state index in [1.807, 2.05) is 42.7 Å². The SMILES string of the molecule is CNC1(C)C=CC(n2c([C@@H]3CCCC(=O)N3c3ccc(F)c(F)c3)nc3cc(-c4c(C)noc4C)ccc32)=CC1F. The van der Waals surface area contributed by atoms with Crippen LogP contribution in [0, 0.1) is 25.5 Å². The summed E-state index contributed by atoms with van der Waals surface area (Å²) in [6.07, 6.45) is 5.21. The second kappa shape index (κ2) is 10.0. The monoisotopic (exact) mass is 561 g/mol. The number of fused-ring (bicyclic) bond motifs is 1. The molecule has 3 heterocycles. The van der Waals surface area contributed by atoms with Crippen molar-refractivity contribution in [1.82, 2.24) is 20.0 Å². The van der Waals surface area contributed by atoms with Gasteiger partial charge in [0.05, 0.1) is 28.3 Å². The first-order chi connectivity index (χ1) is 19.6. The van der Waals surface area contributed by atoms with E-state index in [9.17, 15) is 13.6 Å². The number of carbonyl (C=O) groups is 1. The van der Waals surface area contributed by atoms with Gasteiger partial charge in [0.15, 0.2) is 11.6 Å². The molecule has 212 valence electrons. The van der Waals surface area contributed by atoms with Gasteiger partial charge in [0.1, 0.15) is 17.8 Å². The van der Waals surface area contributed by atoms with Crippen LogP contribution in [0.15, 0.2) is 59.1 Å². The molecule has 0 saturated carbocycles. The summed E-state index contributed by atoms with van der Waals surface area (Å²) in [6, 6.07) is 8.62. The zero-order chi connectivity index (χ0) is 29.1. The fraction of sp³-hybridized carbons (Fsp3) is 0.323. The van der Waals surface area contributed by atoms with Crippen LogP contribution in [0.25, 0.3) is 27.9 Å². The first-order valence-electron chi connectivity index (χ1n) is 13.6. The molecule has 1 saturated heterocycles. The van der Waals surface area contributed by atoms with Crippen LogP contribution in [0.2, 0.25) is 0 Å². The van der Waals surface area contributed by atoms with Crippen molar-refractivity contribution < 1.29 is 22.5 Å². The molecule has 1 aliphatic carbocycles. The van der Waals surface area contributed by atoms with Crippen molar-refractivity contribution in [3.8, 4) is 11.1 Å². The Balaban J connectivity index is 1.56.